The lowest BCUT2D eigenvalue weighted by atomic mass is 10.2. The summed E-state index contributed by atoms with van der Waals surface area (Å²) in [6.07, 6.45) is 0. The highest BCUT2D eigenvalue weighted by atomic mass is 79.9. The van der Waals surface area contributed by atoms with Crippen molar-refractivity contribution in [3.05, 3.63) is 85.7 Å². The second-order valence-electron chi connectivity index (χ2n) is 6.43. The van der Waals surface area contributed by atoms with Crippen molar-refractivity contribution in [2.45, 2.75) is 5.16 Å². The molecule has 0 bridgehead atoms. The molecule has 9 heteroatoms. The van der Waals surface area contributed by atoms with Crippen molar-refractivity contribution >= 4 is 61.5 Å². The van der Waals surface area contributed by atoms with E-state index in [9.17, 15) is 9.59 Å². The van der Waals surface area contributed by atoms with Crippen molar-refractivity contribution in [3.63, 3.8) is 0 Å². The number of para-hydroxylation sites is 2. The molecule has 0 saturated carbocycles. The number of carbonyl (C=O) groups excluding carboxylic acids is 1. The summed E-state index contributed by atoms with van der Waals surface area (Å²) in [5, 5.41) is 9.73. The molecule has 0 spiro atoms. The Morgan fingerprint density at radius 1 is 1.00 bits per heavy atom. The summed E-state index contributed by atoms with van der Waals surface area (Å²) in [4.78, 5) is 26.5. The van der Waals surface area contributed by atoms with Gasteiger partial charge in [-0.15, -0.1) is 21.5 Å². The maximum Gasteiger partial charge on any atom is 0.267 e. The molecule has 2 aromatic carbocycles. The zero-order valence-corrected chi connectivity index (χ0v) is 18.6. The molecule has 0 saturated heterocycles. The van der Waals surface area contributed by atoms with E-state index in [4.69, 9.17) is 0 Å². The van der Waals surface area contributed by atoms with Crippen LogP contribution < -0.4 is 5.56 Å². The van der Waals surface area contributed by atoms with Crippen molar-refractivity contribution in [1.82, 2.24) is 19.2 Å². The molecule has 5 aromatic rings. The van der Waals surface area contributed by atoms with Crippen molar-refractivity contribution in [1.29, 1.82) is 0 Å². The van der Waals surface area contributed by atoms with Crippen LogP contribution in [0.1, 0.15) is 9.67 Å². The summed E-state index contributed by atoms with van der Waals surface area (Å²) < 4.78 is 4.31. The Hall–Kier alpha value is -2.75. The van der Waals surface area contributed by atoms with E-state index in [2.05, 4.69) is 26.1 Å². The number of ketones is 1. The highest BCUT2D eigenvalue weighted by molar-refractivity contribution is 9.11. The lowest BCUT2D eigenvalue weighted by Gasteiger charge is -2.11. The van der Waals surface area contributed by atoms with E-state index in [0.29, 0.717) is 32.4 Å². The highest BCUT2D eigenvalue weighted by Crippen LogP contribution is 2.26. The minimum atomic E-state index is -0.159. The summed E-state index contributed by atoms with van der Waals surface area (Å²) in [6, 6.07) is 20.4. The molecule has 3 aromatic heterocycles. The van der Waals surface area contributed by atoms with Gasteiger partial charge in [0, 0.05) is 0 Å². The van der Waals surface area contributed by atoms with Crippen molar-refractivity contribution in [3.8, 4) is 5.69 Å². The Kier molecular flexibility index (Phi) is 5.01. The first-order valence-electron chi connectivity index (χ1n) is 8.99. The number of halogens is 1. The van der Waals surface area contributed by atoms with Gasteiger partial charge >= 0.3 is 0 Å². The molecular formula is C21H13BrN4O2S2. The quantitative estimate of drug-likeness (QED) is 0.257. The van der Waals surface area contributed by atoms with Gasteiger partial charge in [0.2, 0.25) is 5.78 Å². The third kappa shape index (κ3) is 3.28. The zero-order chi connectivity index (χ0) is 20.7. The lowest BCUT2D eigenvalue weighted by Crippen LogP contribution is -2.21. The van der Waals surface area contributed by atoms with Crippen LogP contribution in [-0.2, 0) is 0 Å². The number of benzene rings is 2. The van der Waals surface area contributed by atoms with E-state index < -0.39 is 0 Å². The maximum absolute atomic E-state index is 13.2. The summed E-state index contributed by atoms with van der Waals surface area (Å²) >= 11 is 6.10. The van der Waals surface area contributed by atoms with E-state index in [-0.39, 0.29) is 17.1 Å². The van der Waals surface area contributed by atoms with Gasteiger partial charge in [0.1, 0.15) is 0 Å². The number of rotatable bonds is 5. The molecule has 0 aliphatic rings. The Bertz CT molecular complexity index is 1460. The third-order valence-electron chi connectivity index (χ3n) is 4.59. The van der Waals surface area contributed by atoms with Gasteiger partial charge in [0.25, 0.3) is 5.56 Å². The van der Waals surface area contributed by atoms with Crippen LogP contribution in [0.5, 0.6) is 0 Å². The monoisotopic (exact) mass is 496 g/mol. The molecule has 5 rings (SSSR count). The predicted octanol–water partition coefficient (Wildman–Crippen LogP) is 4.83. The molecule has 3 heterocycles. The van der Waals surface area contributed by atoms with Gasteiger partial charge < -0.3 is 0 Å². The Labute approximate surface area is 187 Å². The van der Waals surface area contributed by atoms with Gasteiger partial charge in [-0.2, -0.15) is 0 Å². The number of fused-ring (bicyclic) bond motifs is 3. The SMILES string of the molecule is O=C(CSc1nnc2n(-c3ccccc3)c(=O)c3ccccc3n12)c1ccc(Br)s1. The molecule has 30 heavy (non-hydrogen) atoms. The maximum atomic E-state index is 13.2. The zero-order valence-electron chi connectivity index (χ0n) is 15.4. The van der Waals surface area contributed by atoms with Crippen LogP contribution in [0.25, 0.3) is 22.4 Å². The summed E-state index contributed by atoms with van der Waals surface area (Å²) in [6.45, 7) is 0. The minimum absolute atomic E-state index is 0.0214. The molecule has 0 amide bonds. The molecule has 0 unspecified atom stereocenters. The summed E-state index contributed by atoms with van der Waals surface area (Å²) in [5.74, 6) is 0.666. The van der Waals surface area contributed by atoms with Crippen LogP contribution in [0.4, 0.5) is 0 Å². The standard InChI is InChI=1S/C21H13BrN4O2S2/c22-18-11-10-17(30-18)16(27)12-29-21-24-23-20-25(13-6-2-1-3-7-13)19(28)14-8-4-5-9-15(14)26(20)21/h1-11H,12H2. The fourth-order valence-corrected chi connectivity index (χ4v) is 5.49. The number of thioether (sulfide) groups is 1. The first-order chi connectivity index (χ1) is 14.6. The average Bonchev–Trinajstić information content (AvgIpc) is 3.39. The van der Waals surface area contributed by atoms with E-state index in [1.54, 1.807) is 10.6 Å². The van der Waals surface area contributed by atoms with Crippen molar-refractivity contribution in [2.24, 2.45) is 0 Å². The Morgan fingerprint density at radius 3 is 2.53 bits per heavy atom. The molecule has 0 aliphatic heterocycles. The molecular weight excluding hydrogens is 484 g/mol. The largest absolute Gasteiger partial charge is 0.292 e. The highest BCUT2D eigenvalue weighted by Gasteiger charge is 2.19. The second-order valence-corrected chi connectivity index (χ2v) is 9.83. The van der Waals surface area contributed by atoms with Crippen molar-refractivity contribution in [2.75, 3.05) is 5.75 Å². The van der Waals surface area contributed by atoms with Gasteiger partial charge in [-0.25, -0.2) is 4.57 Å². The Morgan fingerprint density at radius 2 is 1.77 bits per heavy atom. The van der Waals surface area contributed by atoms with Gasteiger partial charge in [0.05, 0.1) is 31.0 Å². The molecule has 148 valence electrons. The van der Waals surface area contributed by atoms with Gasteiger partial charge in [0.15, 0.2) is 10.9 Å². The first kappa shape index (κ1) is 19.2. The molecule has 0 atom stereocenters. The van der Waals surface area contributed by atoms with E-state index in [0.717, 1.165) is 3.79 Å². The average molecular weight is 497 g/mol. The smallest absolute Gasteiger partial charge is 0.267 e. The fourth-order valence-electron chi connectivity index (χ4n) is 3.25. The number of Topliss-reactive ketones (excluding diaryl/α,β-unsaturated/α-hetero) is 1. The van der Waals surface area contributed by atoms with Gasteiger partial charge in [-0.1, -0.05) is 42.1 Å². The first-order valence-corrected chi connectivity index (χ1v) is 11.6. The van der Waals surface area contributed by atoms with Crippen LogP contribution in [0.15, 0.2) is 80.5 Å². The van der Waals surface area contributed by atoms with E-state index in [1.807, 2.05) is 65.1 Å². The third-order valence-corrected chi connectivity index (χ3v) is 7.18. The van der Waals surface area contributed by atoms with E-state index in [1.165, 1.54) is 23.1 Å². The lowest BCUT2D eigenvalue weighted by molar-refractivity contribution is 0.102. The molecule has 0 aliphatic carbocycles. The Balaban J connectivity index is 1.65. The van der Waals surface area contributed by atoms with Gasteiger partial charge in [-0.05, 0) is 52.3 Å². The number of carbonyl (C=O) groups is 1. The number of hydrogen-bond donors (Lipinski definition) is 0. The van der Waals surface area contributed by atoms with Crippen LogP contribution in [0.2, 0.25) is 0 Å². The predicted molar refractivity (Wildman–Crippen MR) is 123 cm³/mol. The summed E-state index contributed by atoms with van der Waals surface area (Å²) in [7, 11) is 0. The fraction of sp³-hybridized carbons (Fsp3) is 0.0476. The molecule has 6 nitrogen and oxygen atoms in total. The number of thiophene rings is 1. The minimum Gasteiger partial charge on any atom is -0.292 e. The normalized spacial score (nSPS) is 11.4. The molecule has 0 radical (unpaired) electrons. The number of hydrogen-bond acceptors (Lipinski definition) is 6. The molecule has 0 N–H and O–H groups in total. The number of nitrogens with zero attached hydrogens (tertiary/aromatic N) is 4. The van der Waals surface area contributed by atoms with Crippen LogP contribution >= 0.6 is 39.0 Å². The summed E-state index contributed by atoms with van der Waals surface area (Å²) in [5.41, 5.74) is 1.26. The number of aromatic nitrogens is 4. The topological polar surface area (TPSA) is 69.3 Å². The van der Waals surface area contributed by atoms with E-state index >= 15 is 0 Å². The van der Waals surface area contributed by atoms with Crippen LogP contribution in [0, 0.1) is 0 Å². The van der Waals surface area contributed by atoms with Crippen molar-refractivity contribution < 1.29 is 4.79 Å². The van der Waals surface area contributed by atoms with Crippen LogP contribution in [-0.4, -0.2) is 30.7 Å². The molecule has 0 fully saturated rings. The van der Waals surface area contributed by atoms with Crippen LogP contribution in [0.3, 0.4) is 0 Å². The van der Waals surface area contributed by atoms with Gasteiger partial charge in [-0.3, -0.25) is 14.0 Å². The second kappa shape index (κ2) is 7.82.